The Morgan fingerprint density at radius 2 is 1.68 bits per heavy atom. The first-order valence-corrected chi connectivity index (χ1v) is 13.0. The highest BCUT2D eigenvalue weighted by molar-refractivity contribution is 7.98. The predicted octanol–water partition coefficient (Wildman–Crippen LogP) is 3.56. The first-order chi connectivity index (χ1) is 14.7. The smallest absolute Gasteiger partial charge is 0.261 e. The molecule has 0 atom stereocenters. The summed E-state index contributed by atoms with van der Waals surface area (Å²) in [5.74, 6) is -0.357. The summed E-state index contributed by atoms with van der Waals surface area (Å²) in [5.41, 5.74) is 2.08. The summed E-state index contributed by atoms with van der Waals surface area (Å²) < 4.78 is 28.5. The minimum Gasteiger partial charge on any atom is -0.369 e. The number of likely N-dealkylation sites (N-methyl/N-ethyl adjacent to an activating group) is 1. The van der Waals surface area contributed by atoms with Gasteiger partial charge in [0.2, 0.25) is 5.91 Å². The number of carbonyl (C=O) groups is 1. The van der Waals surface area contributed by atoms with Crippen LogP contribution in [0.25, 0.3) is 0 Å². The molecule has 0 aliphatic carbocycles. The lowest BCUT2D eigenvalue weighted by atomic mass is 10.2. The molecule has 31 heavy (non-hydrogen) atoms. The molecule has 0 aromatic heterocycles. The highest BCUT2D eigenvalue weighted by Crippen LogP contribution is 2.30. The lowest BCUT2D eigenvalue weighted by molar-refractivity contribution is -0.118. The second-order valence-electron chi connectivity index (χ2n) is 7.95. The highest BCUT2D eigenvalue weighted by atomic mass is 32.2. The average Bonchev–Trinajstić information content (AvgIpc) is 2.74. The number of nitrogens with zero attached hydrogens (tertiary/aromatic N) is 2. The van der Waals surface area contributed by atoms with E-state index in [-0.39, 0.29) is 16.7 Å². The third kappa shape index (κ3) is 5.93. The zero-order valence-electron chi connectivity index (χ0n) is 18.4. The van der Waals surface area contributed by atoms with Crippen molar-refractivity contribution >= 4 is 44.8 Å². The monoisotopic (exact) mass is 462 g/mol. The van der Waals surface area contributed by atoms with Crippen LogP contribution in [0.1, 0.15) is 13.8 Å². The SMILES string of the molecule is CSc1ccc(S(=O)(=O)Nc2ccc(N3CCN(C)CC3)cc2)cc1NC(=O)C(C)C. The van der Waals surface area contributed by atoms with E-state index >= 15 is 0 Å². The molecule has 1 fully saturated rings. The Morgan fingerprint density at radius 1 is 1.03 bits per heavy atom. The van der Waals surface area contributed by atoms with Gasteiger partial charge in [0.1, 0.15) is 0 Å². The van der Waals surface area contributed by atoms with Gasteiger partial charge < -0.3 is 15.1 Å². The first kappa shape index (κ1) is 23.4. The quantitative estimate of drug-likeness (QED) is 0.613. The zero-order valence-corrected chi connectivity index (χ0v) is 20.0. The molecule has 7 nitrogen and oxygen atoms in total. The van der Waals surface area contributed by atoms with Gasteiger partial charge in [-0.1, -0.05) is 13.8 Å². The molecule has 1 saturated heterocycles. The molecular weight excluding hydrogens is 432 g/mol. The summed E-state index contributed by atoms with van der Waals surface area (Å²) in [4.78, 5) is 17.6. The number of nitrogens with one attached hydrogen (secondary N) is 2. The van der Waals surface area contributed by atoms with E-state index in [9.17, 15) is 13.2 Å². The fraction of sp³-hybridized carbons (Fsp3) is 0.409. The molecule has 2 aromatic rings. The molecule has 2 N–H and O–H groups in total. The van der Waals surface area contributed by atoms with Crippen LogP contribution in [-0.2, 0) is 14.8 Å². The third-order valence-electron chi connectivity index (χ3n) is 5.25. The van der Waals surface area contributed by atoms with E-state index in [0.717, 1.165) is 36.8 Å². The van der Waals surface area contributed by atoms with Crippen molar-refractivity contribution < 1.29 is 13.2 Å². The van der Waals surface area contributed by atoms with Crippen molar-refractivity contribution in [2.75, 3.05) is 54.4 Å². The Labute approximate surface area is 189 Å². The second kappa shape index (κ2) is 9.93. The van der Waals surface area contributed by atoms with Crippen molar-refractivity contribution in [2.45, 2.75) is 23.6 Å². The molecule has 1 aliphatic rings. The topological polar surface area (TPSA) is 81.8 Å². The van der Waals surface area contributed by atoms with Gasteiger partial charge in [-0.2, -0.15) is 0 Å². The van der Waals surface area contributed by atoms with E-state index < -0.39 is 10.0 Å². The van der Waals surface area contributed by atoms with Crippen LogP contribution in [0.15, 0.2) is 52.3 Å². The Hall–Kier alpha value is -2.23. The fourth-order valence-corrected chi connectivity index (χ4v) is 4.87. The lowest BCUT2D eigenvalue weighted by Crippen LogP contribution is -2.44. The van der Waals surface area contributed by atoms with Gasteiger partial charge in [0.15, 0.2) is 0 Å². The van der Waals surface area contributed by atoms with Gasteiger partial charge in [0.25, 0.3) is 10.0 Å². The molecule has 0 unspecified atom stereocenters. The van der Waals surface area contributed by atoms with E-state index in [1.54, 1.807) is 38.1 Å². The van der Waals surface area contributed by atoms with Crippen LogP contribution < -0.4 is 14.9 Å². The van der Waals surface area contributed by atoms with Crippen LogP contribution in [0.4, 0.5) is 17.1 Å². The number of amides is 1. The third-order valence-corrected chi connectivity index (χ3v) is 7.43. The maximum atomic E-state index is 12.9. The number of hydrogen-bond acceptors (Lipinski definition) is 6. The molecule has 1 aliphatic heterocycles. The summed E-state index contributed by atoms with van der Waals surface area (Å²) in [6, 6.07) is 12.2. The number of thioether (sulfide) groups is 1. The van der Waals surface area contributed by atoms with Crippen molar-refractivity contribution in [1.29, 1.82) is 0 Å². The molecule has 1 heterocycles. The number of rotatable bonds is 7. The van der Waals surface area contributed by atoms with Gasteiger partial charge >= 0.3 is 0 Å². The molecule has 0 saturated carbocycles. The highest BCUT2D eigenvalue weighted by Gasteiger charge is 2.19. The summed E-state index contributed by atoms with van der Waals surface area (Å²) in [5, 5.41) is 2.82. The van der Waals surface area contributed by atoms with Crippen molar-refractivity contribution in [3.8, 4) is 0 Å². The lowest BCUT2D eigenvalue weighted by Gasteiger charge is -2.34. The molecule has 0 radical (unpaired) electrons. The van der Waals surface area contributed by atoms with Gasteiger partial charge in [-0.15, -0.1) is 11.8 Å². The van der Waals surface area contributed by atoms with Crippen LogP contribution in [-0.4, -0.2) is 58.7 Å². The Balaban J connectivity index is 1.76. The normalized spacial score (nSPS) is 15.2. The van der Waals surface area contributed by atoms with Crippen LogP contribution in [0.5, 0.6) is 0 Å². The first-order valence-electron chi connectivity index (χ1n) is 10.2. The maximum absolute atomic E-state index is 12.9. The van der Waals surface area contributed by atoms with Crippen LogP contribution in [0.3, 0.4) is 0 Å². The van der Waals surface area contributed by atoms with Crippen molar-refractivity contribution in [1.82, 2.24) is 4.90 Å². The molecule has 2 aromatic carbocycles. The Morgan fingerprint density at radius 3 is 2.26 bits per heavy atom. The molecular formula is C22H30N4O3S2. The van der Waals surface area contributed by atoms with Gasteiger partial charge in [0.05, 0.1) is 10.6 Å². The Bertz CT molecular complexity index is 1020. The predicted molar refractivity (Wildman–Crippen MR) is 129 cm³/mol. The second-order valence-corrected chi connectivity index (χ2v) is 10.5. The minimum atomic E-state index is -3.79. The zero-order chi connectivity index (χ0) is 22.6. The van der Waals surface area contributed by atoms with E-state index in [1.165, 1.54) is 17.8 Å². The van der Waals surface area contributed by atoms with Crippen LogP contribution >= 0.6 is 11.8 Å². The summed E-state index contributed by atoms with van der Waals surface area (Å²) >= 11 is 1.45. The molecule has 1 amide bonds. The molecule has 9 heteroatoms. The van der Waals surface area contributed by atoms with E-state index in [1.807, 2.05) is 18.4 Å². The molecule has 0 spiro atoms. The molecule has 168 valence electrons. The van der Waals surface area contributed by atoms with E-state index in [0.29, 0.717) is 11.4 Å². The molecule has 3 rings (SSSR count). The van der Waals surface area contributed by atoms with Crippen molar-refractivity contribution in [3.63, 3.8) is 0 Å². The van der Waals surface area contributed by atoms with Crippen LogP contribution in [0, 0.1) is 5.92 Å². The largest absolute Gasteiger partial charge is 0.369 e. The summed E-state index contributed by atoms with van der Waals surface area (Å²) in [6.07, 6.45) is 1.88. The minimum absolute atomic E-state index is 0.104. The van der Waals surface area contributed by atoms with Gasteiger partial charge in [-0.3, -0.25) is 9.52 Å². The number of piperazine rings is 1. The van der Waals surface area contributed by atoms with Gasteiger partial charge in [-0.05, 0) is 55.8 Å². The number of hydrogen-bond donors (Lipinski definition) is 2. The van der Waals surface area contributed by atoms with E-state index in [4.69, 9.17) is 0 Å². The summed E-state index contributed by atoms with van der Waals surface area (Å²) in [7, 11) is -1.68. The summed E-state index contributed by atoms with van der Waals surface area (Å²) in [6.45, 7) is 7.51. The van der Waals surface area contributed by atoms with Gasteiger partial charge in [0, 0.05) is 48.4 Å². The number of carbonyl (C=O) groups excluding carboxylic acids is 1. The maximum Gasteiger partial charge on any atom is 0.261 e. The van der Waals surface area contributed by atoms with E-state index in [2.05, 4.69) is 26.9 Å². The van der Waals surface area contributed by atoms with Crippen molar-refractivity contribution in [2.24, 2.45) is 5.92 Å². The van der Waals surface area contributed by atoms with Crippen molar-refractivity contribution in [3.05, 3.63) is 42.5 Å². The number of sulfonamides is 1. The van der Waals surface area contributed by atoms with Gasteiger partial charge in [-0.25, -0.2) is 8.42 Å². The van der Waals surface area contributed by atoms with Crippen LogP contribution in [0.2, 0.25) is 0 Å². The number of benzene rings is 2. The fourth-order valence-electron chi connectivity index (χ4n) is 3.25. The standard InChI is InChI=1S/C22H30N4O3S2/c1-16(2)22(27)23-20-15-19(9-10-21(20)30-4)31(28,29)24-17-5-7-18(8-6-17)26-13-11-25(3)12-14-26/h5-10,15-16,24H,11-14H2,1-4H3,(H,23,27). The number of anilines is 3. The molecule has 0 bridgehead atoms. The average molecular weight is 463 g/mol. The Kier molecular flexibility index (Phi) is 7.51.